The standard InChI is InChI=1S/C13H14ClN3S/c1-2-15-8-10-4-3-5-11(14)13(10)18-12-6-7-16-9-17-12/h3-7,9,15H,2,8H2,1H3. The van der Waals surface area contributed by atoms with Gasteiger partial charge in [0.25, 0.3) is 0 Å². The zero-order valence-corrected chi connectivity index (χ0v) is 11.6. The third-order valence-electron chi connectivity index (χ3n) is 2.38. The molecule has 1 N–H and O–H groups in total. The van der Waals surface area contributed by atoms with Crippen LogP contribution in [0.4, 0.5) is 0 Å². The highest BCUT2D eigenvalue weighted by Crippen LogP contribution is 2.34. The molecule has 0 unspecified atom stereocenters. The molecule has 0 fully saturated rings. The van der Waals surface area contributed by atoms with Crippen molar-refractivity contribution in [2.75, 3.05) is 6.54 Å². The smallest absolute Gasteiger partial charge is 0.116 e. The maximum Gasteiger partial charge on any atom is 0.116 e. The normalized spacial score (nSPS) is 10.6. The molecule has 0 radical (unpaired) electrons. The van der Waals surface area contributed by atoms with E-state index in [0.29, 0.717) is 0 Å². The molecule has 0 saturated heterocycles. The van der Waals surface area contributed by atoms with Gasteiger partial charge in [-0.15, -0.1) is 0 Å². The minimum Gasteiger partial charge on any atom is -0.313 e. The van der Waals surface area contributed by atoms with Gasteiger partial charge >= 0.3 is 0 Å². The van der Waals surface area contributed by atoms with Gasteiger partial charge in [-0.2, -0.15) is 0 Å². The zero-order valence-electron chi connectivity index (χ0n) is 10.1. The van der Waals surface area contributed by atoms with Gasteiger partial charge in [-0.05, 0) is 24.2 Å². The first-order chi connectivity index (χ1) is 8.81. The maximum atomic E-state index is 6.27. The van der Waals surface area contributed by atoms with E-state index in [1.807, 2.05) is 18.2 Å². The van der Waals surface area contributed by atoms with Crippen molar-refractivity contribution in [3.63, 3.8) is 0 Å². The number of halogens is 1. The Balaban J connectivity index is 2.25. The lowest BCUT2D eigenvalue weighted by Gasteiger charge is -2.10. The van der Waals surface area contributed by atoms with Crippen molar-refractivity contribution in [3.8, 4) is 0 Å². The van der Waals surface area contributed by atoms with E-state index in [1.54, 1.807) is 24.3 Å². The Morgan fingerprint density at radius 1 is 1.33 bits per heavy atom. The topological polar surface area (TPSA) is 37.8 Å². The van der Waals surface area contributed by atoms with Gasteiger partial charge in [-0.3, -0.25) is 0 Å². The Bertz CT molecular complexity index is 505. The summed E-state index contributed by atoms with van der Waals surface area (Å²) in [5, 5.41) is 4.97. The summed E-state index contributed by atoms with van der Waals surface area (Å²) in [7, 11) is 0. The van der Waals surface area contributed by atoms with Crippen LogP contribution in [0.2, 0.25) is 5.02 Å². The molecule has 1 aromatic heterocycles. The van der Waals surface area contributed by atoms with Crippen molar-refractivity contribution in [1.29, 1.82) is 0 Å². The summed E-state index contributed by atoms with van der Waals surface area (Å²) in [5.41, 5.74) is 1.19. The fourth-order valence-corrected chi connectivity index (χ4v) is 2.69. The molecule has 0 saturated carbocycles. The third kappa shape index (κ3) is 3.45. The van der Waals surface area contributed by atoms with E-state index in [4.69, 9.17) is 11.6 Å². The van der Waals surface area contributed by atoms with Crippen molar-refractivity contribution in [3.05, 3.63) is 47.4 Å². The molecule has 0 aliphatic rings. The molecule has 0 atom stereocenters. The third-order valence-corrected chi connectivity index (χ3v) is 3.94. The first kappa shape index (κ1) is 13.3. The number of hydrogen-bond acceptors (Lipinski definition) is 4. The summed E-state index contributed by atoms with van der Waals surface area (Å²) in [6, 6.07) is 7.84. The van der Waals surface area contributed by atoms with Crippen molar-refractivity contribution in [1.82, 2.24) is 15.3 Å². The largest absolute Gasteiger partial charge is 0.313 e. The van der Waals surface area contributed by atoms with E-state index in [2.05, 4.69) is 28.3 Å². The average Bonchev–Trinajstić information content (AvgIpc) is 2.41. The van der Waals surface area contributed by atoms with E-state index in [1.165, 1.54) is 5.56 Å². The van der Waals surface area contributed by atoms with E-state index >= 15 is 0 Å². The Morgan fingerprint density at radius 2 is 2.22 bits per heavy atom. The van der Waals surface area contributed by atoms with Crippen LogP contribution >= 0.6 is 23.4 Å². The van der Waals surface area contributed by atoms with Crippen LogP contribution in [0.15, 0.2) is 46.7 Å². The second-order valence-electron chi connectivity index (χ2n) is 3.66. The van der Waals surface area contributed by atoms with E-state index < -0.39 is 0 Å². The second kappa shape index (κ2) is 6.73. The number of nitrogens with one attached hydrogen (secondary N) is 1. The van der Waals surface area contributed by atoms with Crippen LogP contribution in [0.5, 0.6) is 0 Å². The minimum atomic E-state index is 0.758. The van der Waals surface area contributed by atoms with Gasteiger partial charge in [-0.1, -0.05) is 42.4 Å². The van der Waals surface area contributed by atoms with E-state index in [9.17, 15) is 0 Å². The maximum absolute atomic E-state index is 6.27. The number of aromatic nitrogens is 2. The second-order valence-corrected chi connectivity index (χ2v) is 5.10. The lowest BCUT2D eigenvalue weighted by Crippen LogP contribution is -2.12. The lowest BCUT2D eigenvalue weighted by molar-refractivity contribution is 0.718. The quantitative estimate of drug-likeness (QED) is 0.852. The van der Waals surface area contributed by atoms with Crippen LogP contribution in [-0.2, 0) is 6.54 Å². The van der Waals surface area contributed by atoms with Gasteiger partial charge in [0.05, 0.1) is 5.02 Å². The highest BCUT2D eigenvalue weighted by molar-refractivity contribution is 7.99. The lowest BCUT2D eigenvalue weighted by atomic mass is 10.2. The average molecular weight is 280 g/mol. The molecule has 2 rings (SSSR count). The Labute approximate surface area is 116 Å². The molecule has 3 nitrogen and oxygen atoms in total. The molecule has 0 bridgehead atoms. The fourth-order valence-electron chi connectivity index (χ4n) is 1.51. The van der Waals surface area contributed by atoms with Crippen molar-refractivity contribution >= 4 is 23.4 Å². The summed E-state index contributed by atoms with van der Waals surface area (Å²) in [4.78, 5) is 9.18. The molecule has 0 spiro atoms. The van der Waals surface area contributed by atoms with Gasteiger partial charge in [0.2, 0.25) is 0 Å². The Kier molecular flexibility index (Phi) is 4.99. The summed E-state index contributed by atoms with van der Waals surface area (Å²) in [5.74, 6) is 0. The van der Waals surface area contributed by atoms with Crippen molar-refractivity contribution < 1.29 is 0 Å². The van der Waals surface area contributed by atoms with Crippen LogP contribution in [0.1, 0.15) is 12.5 Å². The molecule has 18 heavy (non-hydrogen) atoms. The van der Waals surface area contributed by atoms with Gasteiger partial charge in [0.15, 0.2) is 0 Å². The first-order valence-corrected chi connectivity index (χ1v) is 6.92. The zero-order chi connectivity index (χ0) is 12.8. The number of benzene rings is 1. The van der Waals surface area contributed by atoms with Crippen LogP contribution in [0.3, 0.4) is 0 Å². The molecule has 94 valence electrons. The summed E-state index contributed by atoms with van der Waals surface area (Å²) in [6.07, 6.45) is 3.28. The molecule has 0 aliphatic carbocycles. The van der Waals surface area contributed by atoms with Crippen molar-refractivity contribution in [2.24, 2.45) is 0 Å². The van der Waals surface area contributed by atoms with Crippen LogP contribution < -0.4 is 5.32 Å². The first-order valence-electron chi connectivity index (χ1n) is 5.73. The number of rotatable bonds is 5. The van der Waals surface area contributed by atoms with Crippen LogP contribution in [0, 0.1) is 0 Å². The van der Waals surface area contributed by atoms with Gasteiger partial charge < -0.3 is 5.32 Å². The minimum absolute atomic E-state index is 0.758. The monoisotopic (exact) mass is 279 g/mol. The van der Waals surface area contributed by atoms with Crippen LogP contribution in [0.25, 0.3) is 0 Å². The Morgan fingerprint density at radius 3 is 2.94 bits per heavy atom. The molecule has 1 aromatic carbocycles. The molecular weight excluding hydrogens is 266 g/mol. The predicted molar refractivity (Wildman–Crippen MR) is 75.0 cm³/mol. The van der Waals surface area contributed by atoms with Gasteiger partial charge in [-0.25, -0.2) is 9.97 Å². The number of hydrogen-bond donors (Lipinski definition) is 1. The highest BCUT2D eigenvalue weighted by atomic mass is 35.5. The SMILES string of the molecule is CCNCc1cccc(Cl)c1Sc1ccncn1. The molecule has 2 aromatic rings. The van der Waals surface area contributed by atoms with Gasteiger partial charge in [0, 0.05) is 17.6 Å². The summed E-state index contributed by atoms with van der Waals surface area (Å²) in [6.45, 7) is 3.83. The highest BCUT2D eigenvalue weighted by Gasteiger charge is 2.09. The summed E-state index contributed by atoms with van der Waals surface area (Å²) < 4.78 is 0. The number of nitrogens with zero attached hydrogens (tertiary/aromatic N) is 2. The molecule has 0 aliphatic heterocycles. The summed E-state index contributed by atoms with van der Waals surface area (Å²) >= 11 is 7.83. The molecule has 5 heteroatoms. The molecule has 0 amide bonds. The van der Waals surface area contributed by atoms with E-state index in [0.717, 1.165) is 28.0 Å². The Hall–Kier alpha value is -1.10. The molecule has 1 heterocycles. The van der Waals surface area contributed by atoms with Crippen LogP contribution in [-0.4, -0.2) is 16.5 Å². The van der Waals surface area contributed by atoms with Crippen molar-refractivity contribution in [2.45, 2.75) is 23.4 Å². The fraction of sp³-hybridized carbons (Fsp3) is 0.231. The van der Waals surface area contributed by atoms with Gasteiger partial charge in [0.1, 0.15) is 11.4 Å². The predicted octanol–water partition coefficient (Wildman–Crippen LogP) is 3.39. The van der Waals surface area contributed by atoms with E-state index in [-0.39, 0.29) is 0 Å². The molecular formula is C13H14ClN3S.